The highest BCUT2D eigenvalue weighted by Crippen LogP contribution is 2.34. The molecule has 108 valence electrons. The van der Waals surface area contributed by atoms with E-state index in [1.807, 2.05) is 6.07 Å². The highest BCUT2D eigenvalue weighted by Gasteiger charge is 2.18. The summed E-state index contributed by atoms with van der Waals surface area (Å²) in [7, 11) is 0. The summed E-state index contributed by atoms with van der Waals surface area (Å²) in [6.45, 7) is 1.14. The third kappa shape index (κ3) is 3.14. The molecule has 0 unspecified atom stereocenters. The van der Waals surface area contributed by atoms with Crippen molar-refractivity contribution in [3.63, 3.8) is 0 Å². The molecule has 3 rings (SSSR count). The van der Waals surface area contributed by atoms with Crippen molar-refractivity contribution in [2.75, 3.05) is 6.61 Å². The normalized spacial score (nSPS) is 12.7. The summed E-state index contributed by atoms with van der Waals surface area (Å²) in [6.07, 6.45) is 1.74. The Kier molecular flexibility index (Phi) is 4.31. The molecule has 3 nitrogen and oxygen atoms in total. The first-order valence-electron chi connectivity index (χ1n) is 6.49. The molecule has 0 spiro atoms. The molecule has 0 atom stereocenters. The topological polar surface area (TPSA) is 35.5 Å². The van der Waals surface area contributed by atoms with Crippen LogP contribution in [0.2, 0.25) is 0 Å². The van der Waals surface area contributed by atoms with Crippen molar-refractivity contribution < 1.29 is 14.3 Å². The summed E-state index contributed by atoms with van der Waals surface area (Å²) in [5.41, 5.74) is 2.84. The van der Waals surface area contributed by atoms with Crippen LogP contribution in [0.1, 0.15) is 21.5 Å². The van der Waals surface area contributed by atoms with Gasteiger partial charge in [0.1, 0.15) is 24.4 Å². The molecule has 1 heterocycles. The summed E-state index contributed by atoms with van der Waals surface area (Å²) in [5.74, 6) is 1.63. The van der Waals surface area contributed by atoms with Gasteiger partial charge in [-0.2, -0.15) is 0 Å². The minimum absolute atomic E-state index is 0.417. The van der Waals surface area contributed by atoms with Crippen LogP contribution in [0.25, 0.3) is 0 Å². The average molecular weight is 412 g/mol. The van der Waals surface area contributed by atoms with E-state index in [-0.39, 0.29) is 0 Å². The van der Waals surface area contributed by atoms with Crippen LogP contribution < -0.4 is 9.47 Å². The number of halogens is 2. The van der Waals surface area contributed by atoms with E-state index in [1.165, 1.54) is 5.56 Å². The van der Waals surface area contributed by atoms with Gasteiger partial charge >= 0.3 is 0 Å². The van der Waals surface area contributed by atoms with Crippen LogP contribution in [-0.4, -0.2) is 12.9 Å². The molecule has 0 bridgehead atoms. The van der Waals surface area contributed by atoms with Crippen LogP contribution >= 0.6 is 31.9 Å². The maximum atomic E-state index is 10.7. The van der Waals surface area contributed by atoms with Crippen molar-refractivity contribution >= 4 is 38.1 Å². The molecule has 1 aliphatic rings. The second kappa shape index (κ2) is 6.20. The maximum Gasteiger partial charge on any atom is 0.150 e. The summed E-state index contributed by atoms with van der Waals surface area (Å²) >= 11 is 6.93. The lowest BCUT2D eigenvalue weighted by Crippen LogP contribution is -1.99. The van der Waals surface area contributed by atoms with Gasteiger partial charge in [0.05, 0.1) is 11.1 Å². The molecule has 0 aliphatic carbocycles. The summed E-state index contributed by atoms with van der Waals surface area (Å²) < 4.78 is 13.3. The van der Waals surface area contributed by atoms with E-state index in [2.05, 4.69) is 37.9 Å². The van der Waals surface area contributed by atoms with Crippen molar-refractivity contribution in [2.24, 2.45) is 0 Å². The Morgan fingerprint density at radius 2 is 2.10 bits per heavy atom. The van der Waals surface area contributed by atoms with Crippen molar-refractivity contribution in [3.05, 3.63) is 56.0 Å². The molecule has 0 saturated heterocycles. The molecular weight excluding hydrogens is 400 g/mol. The zero-order valence-corrected chi connectivity index (χ0v) is 14.2. The first-order chi connectivity index (χ1) is 10.2. The van der Waals surface area contributed by atoms with Gasteiger partial charge in [0.25, 0.3) is 0 Å². The number of rotatable bonds is 4. The van der Waals surface area contributed by atoms with Crippen molar-refractivity contribution in [1.29, 1.82) is 0 Å². The lowest BCUT2D eigenvalue weighted by Gasteiger charge is -2.12. The third-order valence-corrected chi connectivity index (χ3v) is 4.38. The highest BCUT2D eigenvalue weighted by molar-refractivity contribution is 9.10. The SMILES string of the molecule is O=Cc1ccc(OCc2cc(Br)cc3c2OCC3)c(Br)c1. The quantitative estimate of drug-likeness (QED) is 0.693. The predicted molar refractivity (Wildman–Crippen MR) is 87.2 cm³/mol. The van der Waals surface area contributed by atoms with Gasteiger partial charge in [0.15, 0.2) is 0 Å². The average Bonchev–Trinajstić information content (AvgIpc) is 2.93. The van der Waals surface area contributed by atoms with E-state index in [9.17, 15) is 4.79 Å². The number of hydrogen-bond acceptors (Lipinski definition) is 3. The zero-order chi connectivity index (χ0) is 14.8. The molecule has 0 amide bonds. The lowest BCUT2D eigenvalue weighted by atomic mass is 10.1. The van der Waals surface area contributed by atoms with Gasteiger partial charge in [-0.3, -0.25) is 4.79 Å². The van der Waals surface area contributed by atoms with E-state index >= 15 is 0 Å². The molecule has 0 N–H and O–H groups in total. The molecule has 2 aromatic rings. The van der Waals surface area contributed by atoms with Crippen LogP contribution in [0.4, 0.5) is 0 Å². The first-order valence-corrected chi connectivity index (χ1v) is 8.07. The molecule has 2 aromatic carbocycles. The number of carbonyl (C=O) groups excluding carboxylic acids is 1. The van der Waals surface area contributed by atoms with Gasteiger partial charge in [-0.1, -0.05) is 15.9 Å². The predicted octanol–water partition coefficient (Wildman–Crippen LogP) is 4.54. The van der Waals surface area contributed by atoms with E-state index in [4.69, 9.17) is 9.47 Å². The zero-order valence-electron chi connectivity index (χ0n) is 11.1. The summed E-state index contributed by atoms with van der Waals surface area (Å²) in [5, 5.41) is 0. The van der Waals surface area contributed by atoms with Crippen molar-refractivity contribution in [1.82, 2.24) is 0 Å². The van der Waals surface area contributed by atoms with Gasteiger partial charge in [0, 0.05) is 22.0 Å². The van der Waals surface area contributed by atoms with Gasteiger partial charge < -0.3 is 9.47 Å². The number of carbonyl (C=O) groups is 1. The number of benzene rings is 2. The standard InChI is InChI=1S/C16H12Br2O3/c17-13-6-11-3-4-20-16(11)12(7-13)9-21-15-2-1-10(8-19)5-14(15)18/h1-2,5-8H,3-4,9H2. The highest BCUT2D eigenvalue weighted by atomic mass is 79.9. The molecule has 0 saturated carbocycles. The van der Waals surface area contributed by atoms with E-state index in [1.54, 1.807) is 18.2 Å². The fourth-order valence-electron chi connectivity index (χ4n) is 2.32. The van der Waals surface area contributed by atoms with Crippen LogP contribution in [-0.2, 0) is 13.0 Å². The number of aldehydes is 1. The third-order valence-electron chi connectivity index (χ3n) is 3.30. The molecule has 21 heavy (non-hydrogen) atoms. The number of ether oxygens (including phenoxy) is 2. The largest absolute Gasteiger partial charge is 0.493 e. The molecule has 0 fully saturated rings. The molecule has 1 aliphatic heterocycles. The van der Waals surface area contributed by atoms with Gasteiger partial charge in [-0.05, 0) is 51.8 Å². The molecular formula is C16H12Br2O3. The number of fused-ring (bicyclic) bond motifs is 1. The van der Waals surface area contributed by atoms with Crippen LogP contribution in [0.15, 0.2) is 39.3 Å². The monoisotopic (exact) mass is 410 g/mol. The number of hydrogen-bond donors (Lipinski definition) is 0. The smallest absolute Gasteiger partial charge is 0.150 e. The Balaban J connectivity index is 1.81. The second-order valence-corrected chi connectivity index (χ2v) is 6.52. The maximum absolute atomic E-state index is 10.7. The van der Waals surface area contributed by atoms with E-state index < -0.39 is 0 Å². The Bertz CT molecular complexity index is 698. The van der Waals surface area contributed by atoms with Gasteiger partial charge in [0.2, 0.25) is 0 Å². The second-order valence-electron chi connectivity index (χ2n) is 4.75. The Hall–Kier alpha value is -1.33. The molecule has 0 aromatic heterocycles. The Morgan fingerprint density at radius 1 is 1.24 bits per heavy atom. The fraction of sp³-hybridized carbons (Fsp3) is 0.188. The van der Waals surface area contributed by atoms with Crippen LogP contribution in [0.5, 0.6) is 11.5 Å². The minimum Gasteiger partial charge on any atom is -0.493 e. The summed E-state index contributed by atoms with van der Waals surface area (Å²) in [4.78, 5) is 10.7. The van der Waals surface area contributed by atoms with Crippen LogP contribution in [0, 0.1) is 0 Å². The Morgan fingerprint density at radius 3 is 2.86 bits per heavy atom. The van der Waals surface area contributed by atoms with Crippen molar-refractivity contribution in [3.8, 4) is 11.5 Å². The van der Waals surface area contributed by atoms with Crippen LogP contribution in [0.3, 0.4) is 0 Å². The van der Waals surface area contributed by atoms with Gasteiger partial charge in [-0.25, -0.2) is 0 Å². The fourth-order valence-corrected chi connectivity index (χ4v) is 3.38. The Labute approximate surface area is 139 Å². The lowest BCUT2D eigenvalue weighted by molar-refractivity contribution is 0.112. The van der Waals surface area contributed by atoms with E-state index in [0.29, 0.717) is 17.9 Å². The van der Waals surface area contributed by atoms with Gasteiger partial charge in [-0.15, -0.1) is 0 Å². The molecule has 0 radical (unpaired) electrons. The molecule has 5 heteroatoms. The summed E-state index contributed by atoms with van der Waals surface area (Å²) in [6, 6.07) is 9.35. The van der Waals surface area contributed by atoms with E-state index in [0.717, 1.165) is 39.6 Å². The van der Waals surface area contributed by atoms with Crippen molar-refractivity contribution in [2.45, 2.75) is 13.0 Å². The first kappa shape index (κ1) is 14.6. The minimum atomic E-state index is 0.417.